The van der Waals surface area contributed by atoms with Crippen molar-refractivity contribution in [3.8, 4) is 11.1 Å². The third kappa shape index (κ3) is 1.74. The van der Waals surface area contributed by atoms with Gasteiger partial charge in [-0.1, -0.05) is 97.5 Å². The lowest BCUT2D eigenvalue weighted by Crippen LogP contribution is -2.21. The maximum atomic E-state index is 2.59. The predicted octanol–water partition coefficient (Wildman–Crippen LogP) is 6.25. The normalized spacial score (nSPS) is 22.6. The molecule has 120 valence electrons. The second-order valence-corrected chi connectivity index (χ2v) is 13.1. The standard InChI is InChI=1S/C23H24Si/c1-23(2)14-15(13-20-22(23)24(20,3)4)21-18-11-7-5-9-16(18)17-10-6-8-12-19(17)21/h5-13,21H,14H2,1-4H3. The number of benzene rings is 2. The summed E-state index contributed by atoms with van der Waals surface area (Å²) in [6, 6.07) is 18.0. The molecule has 1 heteroatoms. The molecule has 0 N–H and O–H groups in total. The van der Waals surface area contributed by atoms with Crippen molar-refractivity contribution in [3.63, 3.8) is 0 Å². The van der Waals surface area contributed by atoms with Crippen LogP contribution in [0.25, 0.3) is 11.1 Å². The Kier molecular flexibility index (Phi) is 2.65. The van der Waals surface area contributed by atoms with Gasteiger partial charge in [-0.25, -0.2) is 0 Å². The minimum Gasteiger partial charge on any atom is -0.0706 e. The molecule has 24 heavy (non-hydrogen) atoms. The van der Waals surface area contributed by atoms with Gasteiger partial charge in [0.2, 0.25) is 0 Å². The largest absolute Gasteiger partial charge is 0.107 e. The van der Waals surface area contributed by atoms with E-state index >= 15 is 0 Å². The zero-order valence-corrected chi connectivity index (χ0v) is 16.0. The van der Waals surface area contributed by atoms with Gasteiger partial charge in [0.05, 0.1) is 0 Å². The molecule has 0 spiro atoms. The van der Waals surface area contributed by atoms with E-state index in [1.165, 1.54) is 28.7 Å². The molecule has 2 aromatic rings. The fourth-order valence-corrected chi connectivity index (χ4v) is 10.0. The zero-order chi connectivity index (χ0) is 16.7. The highest BCUT2D eigenvalue weighted by Gasteiger charge is 2.55. The van der Waals surface area contributed by atoms with E-state index in [1.807, 2.05) is 5.20 Å². The number of allylic oxidation sites excluding steroid dienone is 4. The average Bonchev–Trinajstić information content (AvgIpc) is 2.97. The van der Waals surface area contributed by atoms with Gasteiger partial charge < -0.3 is 0 Å². The van der Waals surface area contributed by atoms with Crippen molar-refractivity contribution in [2.45, 2.75) is 39.3 Å². The summed E-state index contributed by atoms with van der Waals surface area (Å²) in [5.41, 5.74) is 7.86. The average molecular weight is 329 g/mol. The molecule has 5 rings (SSSR count). The van der Waals surface area contributed by atoms with Crippen LogP contribution in [-0.2, 0) is 0 Å². The summed E-state index contributed by atoms with van der Waals surface area (Å²) < 4.78 is 0. The fraction of sp³-hybridized carbons (Fsp3) is 0.304. The summed E-state index contributed by atoms with van der Waals surface area (Å²) in [5.74, 6) is 0.455. The Morgan fingerprint density at radius 3 is 1.96 bits per heavy atom. The van der Waals surface area contributed by atoms with Crippen molar-refractivity contribution < 1.29 is 0 Å². The Bertz CT molecular complexity index is 895. The summed E-state index contributed by atoms with van der Waals surface area (Å²) in [5, 5.41) is 3.55. The third-order valence-electron chi connectivity index (χ3n) is 6.36. The van der Waals surface area contributed by atoms with Gasteiger partial charge in [-0.05, 0) is 34.1 Å². The highest BCUT2D eigenvalue weighted by Crippen LogP contribution is 2.61. The van der Waals surface area contributed by atoms with Gasteiger partial charge in [-0.3, -0.25) is 0 Å². The maximum Gasteiger partial charge on any atom is 0.107 e. The molecule has 0 nitrogen and oxygen atoms in total. The first-order valence-corrected chi connectivity index (χ1v) is 12.1. The van der Waals surface area contributed by atoms with Crippen LogP contribution in [0.1, 0.15) is 37.3 Å². The first kappa shape index (κ1) is 14.5. The van der Waals surface area contributed by atoms with Crippen molar-refractivity contribution in [2.75, 3.05) is 0 Å². The SMILES string of the molecule is CC1(C)CC(C2c3ccccc3-c3ccccc32)=CC2=C1[Si]2(C)C. The van der Waals surface area contributed by atoms with Crippen molar-refractivity contribution in [2.24, 2.45) is 5.41 Å². The van der Waals surface area contributed by atoms with Gasteiger partial charge in [-0.15, -0.1) is 0 Å². The number of hydrogen-bond acceptors (Lipinski definition) is 0. The highest BCUT2D eigenvalue weighted by molar-refractivity contribution is 7.02. The van der Waals surface area contributed by atoms with Crippen LogP contribution in [0, 0.1) is 5.41 Å². The smallest absolute Gasteiger partial charge is 0.0706 e. The van der Waals surface area contributed by atoms with Crippen LogP contribution in [0.5, 0.6) is 0 Å². The fourth-order valence-electron chi connectivity index (χ4n) is 5.54. The van der Waals surface area contributed by atoms with Crippen LogP contribution in [0.15, 0.2) is 70.6 Å². The molecule has 0 atom stereocenters. The van der Waals surface area contributed by atoms with E-state index in [0.29, 0.717) is 11.3 Å². The van der Waals surface area contributed by atoms with E-state index < -0.39 is 8.07 Å². The summed E-state index contributed by atoms with van der Waals surface area (Å²) >= 11 is 0. The lowest BCUT2D eigenvalue weighted by atomic mass is 9.75. The molecule has 1 heterocycles. The molecule has 3 aliphatic rings. The summed E-state index contributed by atoms with van der Waals surface area (Å²) in [6.07, 6.45) is 3.80. The van der Waals surface area contributed by atoms with Gasteiger partial charge in [-0.2, -0.15) is 0 Å². The number of rotatable bonds is 1. The Labute approximate surface area is 145 Å². The van der Waals surface area contributed by atoms with Crippen molar-refractivity contribution in [1.82, 2.24) is 0 Å². The van der Waals surface area contributed by atoms with Gasteiger partial charge in [0.15, 0.2) is 0 Å². The zero-order valence-electron chi connectivity index (χ0n) is 15.0. The summed E-state index contributed by atoms with van der Waals surface area (Å²) in [7, 11) is -1.21. The van der Waals surface area contributed by atoms with Gasteiger partial charge >= 0.3 is 0 Å². The molecule has 0 saturated heterocycles. The highest BCUT2D eigenvalue weighted by atomic mass is 28.3. The number of hydrogen-bond donors (Lipinski definition) is 0. The van der Waals surface area contributed by atoms with Crippen LogP contribution in [0.3, 0.4) is 0 Å². The van der Waals surface area contributed by atoms with E-state index in [2.05, 4.69) is 81.5 Å². The molecule has 1 aliphatic heterocycles. The molecule has 0 radical (unpaired) electrons. The molecule has 0 bridgehead atoms. The Morgan fingerprint density at radius 1 is 0.875 bits per heavy atom. The Morgan fingerprint density at radius 2 is 1.42 bits per heavy atom. The van der Waals surface area contributed by atoms with Gasteiger partial charge in [0, 0.05) is 5.92 Å². The lowest BCUT2D eigenvalue weighted by Gasteiger charge is -2.30. The first-order chi connectivity index (χ1) is 11.4. The molecule has 0 saturated carbocycles. The molecule has 0 fully saturated rings. The van der Waals surface area contributed by atoms with E-state index in [-0.39, 0.29) is 0 Å². The van der Waals surface area contributed by atoms with Crippen LogP contribution in [0.4, 0.5) is 0 Å². The maximum absolute atomic E-state index is 2.59. The second kappa shape index (κ2) is 4.40. The van der Waals surface area contributed by atoms with Crippen LogP contribution in [0.2, 0.25) is 13.1 Å². The van der Waals surface area contributed by atoms with Gasteiger partial charge in [0.25, 0.3) is 0 Å². The van der Waals surface area contributed by atoms with Crippen LogP contribution < -0.4 is 0 Å². The second-order valence-electron chi connectivity index (χ2n) is 8.80. The van der Waals surface area contributed by atoms with E-state index in [9.17, 15) is 0 Å². The van der Waals surface area contributed by atoms with Crippen molar-refractivity contribution in [1.29, 1.82) is 0 Å². The lowest BCUT2D eigenvalue weighted by molar-refractivity contribution is 0.454. The topological polar surface area (TPSA) is 0 Å². The van der Waals surface area contributed by atoms with E-state index in [4.69, 9.17) is 0 Å². The number of fused-ring (bicyclic) bond motifs is 3. The molecular formula is C23H24Si. The molecular weight excluding hydrogens is 304 g/mol. The summed E-state index contributed by atoms with van der Waals surface area (Å²) in [6.45, 7) is 9.97. The van der Waals surface area contributed by atoms with Crippen LogP contribution >= 0.6 is 0 Å². The quantitative estimate of drug-likeness (QED) is 0.543. The summed E-state index contributed by atoms with van der Waals surface area (Å²) in [4.78, 5) is 0. The molecule has 0 aromatic heterocycles. The molecule has 0 unspecified atom stereocenters. The van der Waals surface area contributed by atoms with Crippen molar-refractivity contribution >= 4 is 8.07 Å². The molecule has 2 aromatic carbocycles. The minimum atomic E-state index is -1.21. The first-order valence-electron chi connectivity index (χ1n) is 9.06. The third-order valence-corrected chi connectivity index (χ3v) is 10.0. The van der Waals surface area contributed by atoms with Crippen LogP contribution in [-0.4, -0.2) is 8.07 Å². The minimum absolute atomic E-state index is 0.349. The Hall–Kier alpha value is -1.86. The Balaban J connectivity index is 1.70. The predicted molar refractivity (Wildman–Crippen MR) is 105 cm³/mol. The van der Waals surface area contributed by atoms with E-state index in [0.717, 1.165) is 0 Å². The van der Waals surface area contributed by atoms with Gasteiger partial charge in [0.1, 0.15) is 8.07 Å². The van der Waals surface area contributed by atoms with Crippen molar-refractivity contribution in [3.05, 3.63) is 81.7 Å². The van der Waals surface area contributed by atoms with E-state index in [1.54, 1.807) is 10.8 Å². The molecule has 2 aliphatic carbocycles. The monoisotopic (exact) mass is 328 g/mol. The molecule has 0 amide bonds.